The Bertz CT molecular complexity index is 689. The van der Waals surface area contributed by atoms with Crippen molar-refractivity contribution < 1.29 is 22.7 Å². The van der Waals surface area contributed by atoms with Crippen molar-refractivity contribution >= 4 is 16.2 Å². The van der Waals surface area contributed by atoms with Crippen LogP contribution in [0.1, 0.15) is 51.8 Å². The highest BCUT2D eigenvalue weighted by Gasteiger charge is 2.36. The summed E-state index contributed by atoms with van der Waals surface area (Å²) < 4.78 is 37.0. The standard InChI is InChI=1S/C17H25NO5S/c1-11(2)24(20,21)18-14-10-22-16(19)23-15(14)12-6-8-13(9-7-12)17(3,4)5/h6-9,11,14-15,18H,10H2,1-5H3. The molecular formula is C17H25NO5S. The van der Waals surface area contributed by atoms with Gasteiger partial charge >= 0.3 is 6.16 Å². The Balaban J connectivity index is 2.28. The minimum absolute atomic E-state index is 0.00349. The molecule has 1 saturated heterocycles. The molecule has 7 heteroatoms. The lowest BCUT2D eigenvalue weighted by Gasteiger charge is -2.32. The van der Waals surface area contributed by atoms with Gasteiger partial charge in [0.15, 0.2) is 6.10 Å². The first-order valence-electron chi connectivity index (χ1n) is 7.95. The van der Waals surface area contributed by atoms with Gasteiger partial charge in [0.05, 0.1) is 11.3 Å². The van der Waals surface area contributed by atoms with Crippen molar-refractivity contribution in [2.45, 2.75) is 57.4 Å². The number of nitrogens with one attached hydrogen (secondary N) is 1. The first-order valence-corrected chi connectivity index (χ1v) is 9.50. The first kappa shape index (κ1) is 18.7. The zero-order valence-corrected chi connectivity index (χ0v) is 15.5. The van der Waals surface area contributed by atoms with Crippen LogP contribution in [-0.2, 0) is 24.9 Å². The molecule has 1 aliphatic rings. The van der Waals surface area contributed by atoms with E-state index >= 15 is 0 Å². The molecule has 1 aromatic rings. The van der Waals surface area contributed by atoms with Crippen molar-refractivity contribution in [3.8, 4) is 0 Å². The van der Waals surface area contributed by atoms with Gasteiger partial charge in [-0.25, -0.2) is 17.9 Å². The second-order valence-electron chi connectivity index (χ2n) is 7.29. The number of ether oxygens (including phenoxy) is 2. The largest absolute Gasteiger partial charge is 0.509 e. The predicted molar refractivity (Wildman–Crippen MR) is 91.3 cm³/mol. The van der Waals surface area contributed by atoms with Gasteiger partial charge in [0.2, 0.25) is 10.0 Å². The molecule has 0 amide bonds. The van der Waals surface area contributed by atoms with E-state index in [0.717, 1.165) is 11.1 Å². The monoisotopic (exact) mass is 355 g/mol. The van der Waals surface area contributed by atoms with Crippen molar-refractivity contribution in [1.29, 1.82) is 0 Å². The molecule has 1 N–H and O–H groups in total. The Hall–Kier alpha value is -1.60. The van der Waals surface area contributed by atoms with Crippen molar-refractivity contribution in [2.24, 2.45) is 0 Å². The van der Waals surface area contributed by atoms with Crippen molar-refractivity contribution in [3.05, 3.63) is 35.4 Å². The van der Waals surface area contributed by atoms with Gasteiger partial charge in [0.1, 0.15) is 6.61 Å². The summed E-state index contributed by atoms with van der Waals surface area (Å²) in [5.41, 5.74) is 1.88. The van der Waals surface area contributed by atoms with E-state index in [9.17, 15) is 13.2 Å². The van der Waals surface area contributed by atoms with Gasteiger partial charge in [-0.15, -0.1) is 0 Å². The SMILES string of the molecule is CC(C)S(=O)(=O)NC1COC(=O)OC1c1ccc(C(C)(C)C)cc1. The lowest BCUT2D eigenvalue weighted by molar-refractivity contribution is -0.0398. The Labute approximate surface area is 143 Å². The Kier molecular flexibility index (Phi) is 5.25. The third kappa shape index (κ3) is 4.27. The van der Waals surface area contributed by atoms with Crippen LogP contribution in [-0.4, -0.2) is 32.5 Å². The molecule has 0 radical (unpaired) electrons. The topological polar surface area (TPSA) is 81.7 Å². The maximum Gasteiger partial charge on any atom is 0.509 e. The third-order valence-corrected chi connectivity index (χ3v) is 5.88. The highest BCUT2D eigenvalue weighted by atomic mass is 32.2. The Morgan fingerprint density at radius 3 is 2.25 bits per heavy atom. The summed E-state index contributed by atoms with van der Waals surface area (Å²) in [5, 5.41) is -0.584. The summed E-state index contributed by atoms with van der Waals surface area (Å²) in [7, 11) is -3.51. The van der Waals surface area contributed by atoms with Gasteiger partial charge < -0.3 is 9.47 Å². The van der Waals surface area contributed by atoms with Crippen LogP contribution >= 0.6 is 0 Å². The van der Waals surface area contributed by atoms with Crippen molar-refractivity contribution in [1.82, 2.24) is 4.72 Å². The quantitative estimate of drug-likeness (QED) is 0.840. The van der Waals surface area contributed by atoms with Crippen LogP contribution in [0.2, 0.25) is 0 Å². The molecule has 0 aliphatic carbocycles. The van der Waals surface area contributed by atoms with E-state index in [-0.39, 0.29) is 12.0 Å². The normalized spacial score (nSPS) is 22.2. The van der Waals surface area contributed by atoms with E-state index in [0.29, 0.717) is 0 Å². The number of benzene rings is 1. The Morgan fingerprint density at radius 1 is 1.17 bits per heavy atom. The summed E-state index contributed by atoms with van der Waals surface area (Å²) in [6.07, 6.45) is -1.51. The molecule has 134 valence electrons. The van der Waals surface area contributed by atoms with E-state index in [1.807, 2.05) is 24.3 Å². The highest BCUT2D eigenvalue weighted by Crippen LogP contribution is 2.29. The minimum atomic E-state index is -3.51. The van der Waals surface area contributed by atoms with Crippen LogP contribution in [0.4, 0.5) is 4.79 Å². The zero-order valence-electron chi connectivity index (χ0n) is 14.7. The molecule has 0 saturated carbocycles. The summed E-state index contributed by atoms with van der Waals surface area (Å²) in [6.45, 7) is 9.44. The van der Waals surface area contributed by atoms with Crippen LogP contribution in [0.3, 0.4) is 0 Å². The number of sulfonamides is 1. The van der Waals surface area contributed by atoms with E-state index in [4.69, 9.17) is 9.47 Å². The molecule has 1 aromatic carbocycles. The fraction of sp³-hybridized carbons (Fsp3) is 0.588. The minimum Gasteiger partial charge on any atom is -0.432 e. The van der Waals surface area contributed by atoms with Gasteiger partial charge in [0.25, 0.3) is 0 Å². The first-order chi connectivity index (χ1) is 11.0. The third-order valence-electron chi connectivity index (χ3n) is 4.01. The molecule has 0 spiro atoms. The molecule has 24 heavy (non-hydrogen) atoms. The van der Waals surface area contributed by atoms with Crippen LogP contribution < -0.4 is 4.72 Å². The Morgan fingerprint density at radius 2 is 1.75 bits per heavy atom. The fourth-order valence-corrected chi connectivity index (χ4v) is 3.27. The lowest BCUT2D eigenvalue weighted by Crippen LogP contribution is -2.49. The fourth-order valence-electron chi connectivity index (χ4n) is 2.38. The molecule has 0 bridgehead atoms. The van der Waals surface area contributed by atoms with Crippen molar-refractivity contribution in [3.63, 3.8) is 0 Å². The molecule has 2 unspecified atom stereocenters. The van der Waals surface area contributed by atoms with Crippen LogP contribution in [0.15, 0.2) is 24.3 Å². The van der Waals surface area contributed by atoms with Gasteiger partial charge in [-0.05, 0) is 30.4 Å². The maximum absolute atomic E-state index is 12.1. The highest BCUT2D eigenvalue weighted by molar-refractivity contribution is 7.90. The van der Waals surface area contributed by atoms with Gasteiger partial charge in [0, 0.05) is 0 Å². The van der Waals surface area contributed by atoms with Gasteiger partial charge in [-0.3, -0.25) is 0 Å². The van der Waals surface area contributed by atoms with E-state index < -0.39 is 33.6 Å². The summed E-state index contributed by atoms with van der Waals surface area (Å²) in [4.78, 5) is 11.5. The molecule has 2 rings (SSSR count). The second-order valence-corrected chi connectivity index (χ2v) is 9.56. The maximum atomic E-state index is 12.1. The lowest BCUT2D eigenvalue weighted by atomic mass is 9.86. The molecule has 0 aromatic heterocycles. The second kappa shape index (κ2) is 6.72. The van der Waals surface area contributed by atoms with Crippen LogP contribution in [0, 0.1) is 0 Å². The molecular weight excluding hydrogens is 330 g/mol. The summed E-state index contributed by atoms with van der Waals surface area (Å²) >= 11 is 0. The molecule has 6 nitrogen and oxygen atoms in total. The number of hydrogen-bond acceptors (Lipinski definition) is 5. The molecule has 1 heterocycles. The average molecular weight is 355 g/mol. The summed E-state index contributed by atoms with van der Waals surface area (Å²) in [6, 6.07) is 7.00. The van der Waals surface area contributed by atoms with Gasteiger partial charge in [-0.1, -0.05) is 45.0 Å². The van der Waals surface area contributed by atoms with E-state index in [1.54, 1.807) is 13.8 Å². The van der Waals surface area contributed by atoms with Crippen LogP contribution in [0.5, 0.6) is 0 Å². The predicted octanol–water partition coefficient (Wildman–Crippen LogP) is 2.89. The van der Waals surface area contributed by atoms with E-state index in [1.165, 1.54) is 0 Å². The van der Waals surface area contributed by atoms with Crippen LogP contribution in [0.25, 0.3) is 0 Å². The molecule has 1 aliphatic heterocycles. The number of hydrogen-bond donors (Lipinski definition) is 1. The number of cyclic esters (lactones) is 2. The molecule has 2 atom stereocenters. The number of carbonyl (C=O) groups is 1. The average Bonchev–Trinajstić information content (AvgIpc) is 2.48. The summed E-state index contributed by atoms with van der Waals surface area (Å²) in [5.74, 6) is 0. The number of carbonyl (C=O) groups excluding carboxylic acids is 1. The molecule has 1 fully saturated rings. The number of rotatable bonds is 4. The smallest absolute Gasteiger partial charge is 0.432 e. The van der Waals surface area contributed by atoms with Crippen molar-refractivity contribution in [2.75, 3.05) is 6.61 Å². The zero-order chi connectivity index (χ0) is 18.1. The van der Waals surface area contributed by atoms with E-state index in [2.05, 4.69) is 25.5 Å². The van der Waals surface area contributed by atoms with Gasteiger partial charge in [-0.2, -0.15) is 0 Å².